The van der Waals surface area contributed by atoms with Crippen molar-refractivity contribution < 1.29 is 4.79 Å². The summed E-state index contributed by atoms with van der Waals surface area (Å²) in [5.74, 6) is -0.0596. The van der Waals surface area contributed by atoms with Gasteiger partial charge < -0.3 is 4.90 Å². The molecular weight excluding hydrogens is 358 g/mol. The van der Waals surface area contributed by atoms with Crippen LogP contribution in [-0.2, 0) is 7.05 Å². The minimum absolute atomic E-state index is 0.0596. The molecule has 0 saturated carbocycles. The molecule has 144 valence electrons. The van der Waals surface area contributed by atoms with Gasteiger partial charge in [-0.25, -0.2) is 4.98 Å². The highest BCUT2D eigenvalue weighted by atomic mass is 32.1. The molecule has 0 spiro atoms. The monoisotopic (exact) mass is 385 g/mol. The second-order valence-corrected chi connectivity index (χ2v) is 7.76. The smallest absolute Gasteiger partial charge is 0.278 e. The second kappa shape index (κ2) is 8.19. The molecule has 1 aromatic carbocycles. The summed E-state index contributed by atoms with van der Waals surface area (Å²) >= 11 is 1.58. The SMILES string of the molecule is CCN(CC)CCN(C(=O)c1ccnn1C)c1nc2c(C)cc(C)cc2s1. The molecule has 27 heavy (non-hydrogen) atoms. The summed E-state index contributed by atoms with van der Waals surface area (Å²) in [5, 5.41) is 4.90. The highest BCUT2D eigenvalue weighted by molar-refractivity contribution is 7.22. The van der Waals surface area contributed by atoms with E-state index in [4.69, 9.17) is 4.98 Å². The number of rotatable bonds is 7. The van der Waals surface area contributed by atoms with Gasteiger partial charge in [-0.2, -0.15) is 5.10 Å². The molecule has 0 unspecified atom stereocenters. The maximum absolute atomic E-state index is 13.3. The molecule has 0 aliphatic carbocycles. The van der Waals surface area contributed by atoms with Crippen molar-refractivity contribution in [3.8, 4) is 0 Å². The van der Waals surface area contributed by atoms with Crippen LogP contribution in [0.4, 0.5) is 5.13 Å². The van der Waals surface area contributed by atoms with E-state index in [2.05, 4.69) is 49.8 Å². The van der Waals surface area contributed by atoms with Crippen LogP contribution in [0, 0.1) is 13.8 Å². The molecule has 0 atom stereocenters. The molecule has 2 heterocycles. The molecular formula is C20H27N5OS. The van der Waals surface area contributed by atoms with E-state index >= 15 is 0 Å². The van der Waals surface area contributed by atoms with Gasteiger partial charge in [-0.3, -0.25) is 14.4 Å². The summed E-state index contributed by atoms with van der Waals surface area (Å²) in [7, 11) is 1.79. The lowest BCUT2D eigenvalue weighted by Crippen LogP contribution is -2.39. The van der Waals surface area contributed by atoms with Crippen molar-refractivity contribution in [3.63, 3.8) is 0 Å². The van der Waals surface area contributed by atoms with Gasteiger partial charge in [-0.1, -0.05) is 31.3 Å². The Morgan fingerprint density at radius 3 is 2.56 bits per heavy atom. The Hall–Kier alpha value is -2.25. The Morgan fingerprint density at radius 2 is 1.93 bits per heavy atom. The van der Waals surface area contributed by atoms with E-state index in [1.807, 2.05) is 0 Å². The third-order valence-electron chi connectivity index (χ3n) is 4.87. The predicted octanol–water partition coefficient (Wildman–Crippen LogP) is 3.64. The van der Waals surface area contributed by atoms with Gasteiger partial charge in [0, 0.05) is 26.3 Å². The summed E-state index contributed by atoms with van der Waals surface area (Å²) < 4.78 is 2.74. The van der Waals surface area contributed by atoms with Gasteiger partial charge in [0.05, 0.1) is 10.2 Å². The fourth-order valence-corrected chi connectivity index (χ4v) is 4.43. The first-order valence-electron chi connectivity index (χ1n) is 9.34. The lowest BCUT2D eigenvalue weighted by atomic mass is 10.1. The van der Waals surface area contributed by atoms with Crippen LogP contribution in [-0.4, -0.2) is 51.8 Å². The van der Waals surface area contributed by atoms with Crippen molar-refractivity contribution in [2.75, 3.05) is 31.1 Å². The maximum Gasteiger partial charge on any atom is 0.278 e. The van der Waals surface area contributed by atoms with Crippen LogP contribution in [0.2, 0.25) is 0 Å². The van der Waals surface area contributed by atoms with Gasteiger partial charge in [-0.05, 0) is 50.2 Å². The second-order valence-electron chi connectivity index (χ2n) is 6.75. The van der Waals surface area contributed by atoms with Crippen LogP contribution in [0.1, 0.15) is 35.5 Å². The summed E-state index contributed by atoms with van der Waals surface area (Å²) in [6.45, 7) is 11.8. The highest BCUT2D eigenvalue weighted by Gasteiger charge is 2.24. The zero-order valence-corrected chi connectivity index (χ0v) is 17.5. The van der Waals surface area contributed by atoms with E-state index in [0.717, 1.165) is 40.5 Å². The van der Waals surface area contributed by atoms with Crippen LogP contribution in [0.5, 0.6) is 0 Å². The molecule has 0 aliphatic heterocycles. The Labute approximate surface area is 164 Å². The fraction of sp³-hybridized carbons (Fsp3) is 0.450. The molecule has 0 N–H and O–H groups in total. The summed E-state index contributed by atoms with van der Waals surface area (Å²) in [5.41, 5.74) is 3.90. The number of fused-ring (bicyclic) bond motifs is 1. The van der Waals surface area contributed by atoms with Gasteiger partial charge in [0.25, 0.3) is 5.91 Å². The standard InChI is InChI=1S/C20H27N5OS/c1-6-24(7-2)10-11-25(19(26)16-8-9-21-23(16)5)20-22-18-15(4)12-14(3)13-17(18)27-20/h8-9,12-13H,6-7,10-11H2,1-5H3. The normalized spacial score (nSPS) is 11.5. The highest BCUT2D eigenvalue weighted by Crippen LogP contribution is 2.32. The van der Waals surface area contributed by atoms with Gasteiger partial charge in [0.1, 0.15) is 5.69 Å². The Kier molecular flexibility index (Phi) is 5.92. The van der Waals surface area contributed by atoms with E-state index in [9.17, 15) is 4.79 Å². The van der Waals surface area contributed by atoms with E-state index in [1.54, 1.807) is 40.2 Å². The van der Waals surface area contributed by atoms with Crippen molar-refractivity contribution in [1.29, 1.82) is 0 Å². The number of carbonyl (C=O) groups is 1. The number of hydrogen-bond acceptors (Lipinski definition) is 5. The fourth-order valence-electron chi connectivity index (χ4n) is 3.26. The third kappa shape index (κ3) is 4.04. The van der Waals surface area contributed by atoms with Crippen molar-refractivity contribution in [3.05, 3.63) is 41.2 Å². The van der Waals surface area contributed by atoms with Crippen LogP contribution in [0.3, 0.4) is 0 Å². The number of aromatic nitrogens is 3. The first-order chi connectivity index (χ1) is 12.9. The summed E-state index contributed by atoms with van der Waals surface area (Å²) in [6.07, 6.45) is 1.65. The number of aryl methyl sites for hydroxylation is 3. The molecule has 0 bridgehead atoms. The van der Waals surface area contributed by atoms with E-state index < -0.39 is 0 Å². The van der Waals surface area contributed by atoms with Gasteiger partial charge >= 0.3 is 0 Å². The number of thiazole rings is 1. The number of hydrogen-bond donors (Lipinski definition) is 0. The van der Waals surface area contributed by atoms with Crippen molar-refractivity contribution in [2.24, 2.45) is 7.05 Å². The van der Waals surface area contributed by atoms with Gasteiger partial charge in [0.2, 0.25) is 0 Å². The molecule has 6 nitrogen and oxygen atoms in total. The van der Waals surface area contributed by atoms with Crippen LogP contribution >= 0.6 is 11.3 Å². The average Bonchev–Trinajstić information content (AvgIpc) is 3.24. The molecule has 3 aromatic rings. The molecule has 0 saturated heterocycles. The third-order valence-corrected chi connectivity index (χ3v) is 5.89. The topological polar surface area (TPSA) is 54.3 Å². The largest absolute Gasteiger partial charge is 0.302 e. The van der Waals surface area contributed by atoms with E-state index in [1.165, 1.54) is 5.56 Å². The van der Waals surface area contributed by atoms with Crippen LogP contribution in [0.25, 0.3) is 10.2 Å². The molecule has 7 heteroatoms. The first kappa shape index (κ1) is 19.5. The first-order valence-corrected chi connectivity index (χ1v) is 10.2. The van der Waals surface area contributed by atoms with Crippen LogP contribution < -0.4 is 4.90 Å². The molecule has 1 amide bonds. The predicted molar refractivity (Wildman–Crippen MR) is 112 cm³/mol. The summed E-state index contributed by atoms with van der Waals surface area (Å²) in [6, 6.07) is 6.03. The lowest BCUT2D eigenvalue weighted by Gasteiger charge is -2.24. The number of nitrogens with zero attached hydrogens (tertiary/aromatic N) is 5. The summed E-state index contributed by atoms with van der Waals surface area (Å²) in [4.78, 5) is 22.2. The Morgan fingerprint density at radius 1 is 1.19 bits per heavy atom. The minimum atomic E-state index is -0.0596. The number of likely N-dealkylation sites (N-methyl/N-ethyl adjacent to an activating group) is 1. The molecule has 0 aliphatic rings. The molecule has 3 rings (SSSR count). The zero-order chi connectivity index (χ0) is 19.6. The van der Waals surface area contributed by atoms with Crippen LogP contribution in [0.15, 0.2) is 24.4 Å². The molecule has 0 fully saturated rings. The average molecular weight is 386 g/mol. The van der Waals surface area contributed by atoms with Gasteiger partial charge in [-0.15, -0.1) is 0 Å². The number of amides is 1. The van der Waals surface area contributed by atoms with Crippen molar-refractivity contribution in [1.82, 2.24) is 19.7 Å². The molecule has 0 radical (unpaired) electrons. The zero-order valence-electron chi connectivity index (χ0n) is 16.7. The number of carbonyl (C=O) groups excluding carboxylic acids is 1. The lowest BCUT2D eigenvalue weighted by molar-refractivity contribution is 0.0974. The Bertz CT molecular complexity index is 941. The number of benzene rings is 1. The van der Waals surface area contributed by atoms with Gasteiger partial charge in [0.15, 0.2) is 5.13 Å². The quantitative estimate of drug-likeness (QED) is 0.623. The molecule has 2 aromatic heterocycles. The van der Waals surface area contributed by atoms with E-state index in [0.29, 0.717) is 12.2 Å². The minimum Gasteiger partial charge on any atom is -0.302 e. The van der Waals surface area contributed by atoms with Crippen molar-refractivity contribution >= 4 is 32.6 Å². The Balaban J connectivity index is 1.99. The van der Waals surface area contributed by atoms with E-state index in [-0.39, 0.29) is 5.91 Å². The van der Waals surface area contributed by atoms with Crippen molar-refractivity contribution in [2.45, 2.75) is 27.7 Å². The number of anilines is 1. The maximum atomic E-state index is 13.3.